The molecule has 140 valence electrons. The van der Waals surface area contributed by atoms with E-state index in [1.54, 1.807) is 0 Å². The average molecular weight is 365 g/mol. The molecule has 1 N–H and O–H groups in total. The maximum absolute atomic E-state index is 12.3. The first-order valence-electron chi connectivity index (χ1n) is 9.42. The highest BCUT2D eigenvalue weighted by atomic mass is 16.4. The standard InChI is InChI=1S/C21H23N3O3/c1-13-7-6-10-16-14(2)18(26-17(13)16)20-23-24-21(27-20)19(25)22-12-11-15-8-4-3-5-9-15/h6-8,10H,3-5,9,11-12H2,1-2H3,(H,22,25). The largest absolute Gasteiger partial charge is 0.450 e. The third kappa shape index (κ3) is 3.52. The Kier molecular flexibility index (Phi) is 4.79. The van der Waals surface area contributed by atoms with E-state index in [4.69, 9.17) is 8.83 Å². The lowest BCUT2D eigenvalue weighted by Gasteiger charge is -2.12. The van der Waals surface area contributed by atoms with E-state index in [1.165, 1.54) is 18.4 Å². The molecule has 6 heteroatoms. The fourth-order valence-electron chi connectivity index (χ4n) is 3.54. The van der Waals surface area contributed by atoms with Crippen molar-refractivity contribution in [1.29, 1.82) is 0 Å². The van der Waals surface area contributed by atoms with E-state index in [0.717, 1.165) is 41.4 Å². The lowest BCUT2D eigenvalue weighted by atomic mass is 9.97. The Balaban J connectivity index is 1.47. The fraction of sp³-hybridized carbons (Fsp3) is 0.381. The molecule has 1 aliphatic rings. The first-order chi connectivity index (χ1) is 13.1. The maximum Gasteiger partial charge on any atom is 0.308 e. The monoisotopic (exact) mass is 365 g/mol. The van der Waals surface area contributed by atoms with Gasteiger partial charge in [-0.15, -0.1) is 10.2 Å². The van der Waals surface area contributed by atoms with Gasteiger partial charge in [0.05, 0.1) is 0 Å². The Morgan fingerprint density at radius 1 is 1.19 bits per heavy atom. The van der Waals surface area contributed by atoms with Crippen molar-refractivity contribution in [1.82, 2.24) is 15.5 Å². The number of para-hydroxylation sites is 1. The van der Waals surface area contributed by atoms with Crippen LogP contribution in [0.4, 0.5) is 0 Å². The fourth-order valence-corrected chi connectivity index (χ4v) is 3.54. The molecule has 2 heterocycles. The predicted octanol–water partition coefficient (Wildman–Crippen LogP) is 4.72. The highest BCUT2D eigenvalue weighted by Crippen LogP contribution is 2.33. The molecule has 0 atom stereocenters. The van der Waals surface area contributed by atoms with Crippen molar-refractivity contribution < 1.29 is 13.6 Å². The summed E-state index contributed by atoms with van der Waals surface area (Å²) < 4.78 is 11.5. The van der Waals surface area contributed by atoms with Crippen molar-refractivity contribution >= 4 is 16.9 Å². The van der Waals surface area contributed by atoms with E-state index in [0.29, 0.717) is 12.3 Å². The number of nitrogens with one attached hydrogen (secondary N) is 1. The Bertz CT molecular complexity index is 1010. The van der Waals surface area contributed by atoms with Crippen LogP contribution in [-0.4, -0.2) is 22.6 Å². The van der Waals surface area contributed by atoms with E-state index in [9.17, 15) is 4.79 Å². The van der Waals surface area contributed by atoms with Crippen LogP contribution in [0.2, 0.25) is 0 Å². The van der Waals surface area contributed by atoms with Crippen LogP contribution in [0.25, 0.3) is 22.6 Å². The number of rotatable bonds is 5. The number of benzene rings is 1. The molecule has 2 aromatic heterocycles. The molecule has 1 amide bonds. The lowest BCUT2D eigenvalue weighted by Crippen LogP contribution is -2.25. The topological polar surface area (TPSA) is 81.2 Å². The highest BCUT2D eigenvalue weighted by molar-refractivity contribution is 5.90. The normalized spacial score (nSPS) is 14.4. The first-order valence-corrected chi connectivity index (χ1v) is 9.42. The summed E-state index contributed by atoms with van der Waals surface area (Å²) in [6, 6.07) is 5.97. The molecule has 0 saturated heterocycles. The van der Waals surface area contributed by atoms with Crippen LogP contribution in [-0.2, 0) is 0 Å². The Hall–Kier alpha value is -2.89. The SMILES string of the molecule is Cc1c(-c2nnc(C(=O)NCCC3=CCCCC3)o2)oc2c(C)cccc12. The number of nitrogens with zero attached hydrogens (tertiary/aromatic N) is 2. The summed E-state index contributed by atoms with van der Waals surface area (Å²) in [5, 5.41) is 11.8. The molecule has 0 radical (unpaired) electrons. The van der Waals surface area contributed by atoms with Gasteiger partial charge in [-0.2, -0.15) is 0 Å². The second-order valence-corrected chi connectivity index (χ2v) is 7.03. The van der Waals surface area contributed by atoms with Gasteiger partial charge in [0.2, 0.25) is 0 Å². The van der Waals surface area contributed by atoms with Crippen molar-refractivity contribution in [3.63, 3.8) is 0 Å². The van der Waals surface area contributed by atoms with E-state index < -0.39 is 0 Å². The number of carbonyl (C=O) groups is 1. The third-order valence-electron chi connectivity index (χ3n) is 5.09. The zero-order chi connectivity index (χ0) is 18.8. The van der Waals surface area contributed by atoms with E-state index in [2.05, 4.69) is 21.6 Å². The molecule has 3 aromatic rings. The van der Waals surface area contributed by atoms with Crippen molar-refractivity contribution in [3.8, 4) is 11.7 Å². The van der Waals surface area contributed by atoms with E-state index in [-0.39, 0.29) is 17.7 Å². The third-order valence-corrected chi connectivity index (χ3v) is 5.09. The molecular weight excluding hydrogens is 342 g/mol. The van der Waals surface area contributed by atoms with Crippen LogP contribution in [0, 0.1) is 13.8 Å². The van der Waals surface area contributed by atoms with Gasteiger partial charge >= 0.3 is 11.8 Å². The molecule has 0 fully saturated rings. The van der Waals surface area contributed by atoms with Crippen LogP contribution < -0.4 is 5.32 Å². The van der Waals surface area contributed by atoms with Gasteiger partial charge in [-0.25, -0.2) is 0 Å². The molecule has 0 spiro atoms. The van der Waals surface area contributed by atoms with Gasteiger partial charge in [-0.05, 0) is 51.5 Å². The van der Waals surface area contributed by atoms with Crippen molar-refractivity contribution in [2.24, 2.45) is 0 Å². The van der Waals surface area contributed by atoms with Crippen LogP contribution in [0.5, 0.6) is 0 Å². The summed E-state index contributed by atoms with van der Waals surface area (Å²) in [4.78, 5) is 12.3. The van der Waals surface area contributed by atoms with Crippen LogP contribution in [0.1, 0.15) is 53.9 Å². The summed E-state index contributed by atoms with van der Waals surface area (Å²) in [7, 11) is 0. The summed E-state index contributed by atoms with van der Waals surface area (Å²) in [5.41, 5.74) is 4.18. The van der Waals surface area contributed by atoms with Gasteiger partial charge in [-0.3, -0.25) is 4.79 Å². The minimum absolute atomic E-state index is 0.0424. The average Bonchev–Trinajstić information content (AvgIpc) is 3.29. The summed E-state index contributed by atoms with van der Waals surface area (Å²) in [6.45, 7) is 4.51. The summed E-state index contributed by atoms with van der Waals surface area (Å²) in [6.07, 6.45) is 7.93. The summed E-state index contributed by atoms with van der Waals surface area (Å²) >= 11 is 0. The minimum Gasteiger partial charge on any atom is -0.450 e. The Labute approximate surface area is 157 Å². The van der Waals surface area contributed by atoms with Gasteiger partial charge in [0.15, 0.2) is 5.76 Å². The second-order valence-electron chi connectivity index (χ2n) is 7.03. The number of aromatic nitrogens is 2. The predicted molar refractivity (Wildman–Crippen MR) is 102 cm³/mol. The summed E-state index contributed by atoms with van der Waals surface area (Å²) in [5.74, 6) is 0.343. The van der Waals surface area contributed by atoms with Crippen LogP contribution in [0.15, 0.2) is 38.7 Å². The molecule has 0 saturated carbocycles. The first kappa shape index (κ1) is 17.5. The maximum atomic E-state index is 12.3. The van der Waals surface area contributed by atoms with Crippen LogP contribution >= 0.6 is 0 Å². The molecule has 6 nitrogen and oxygen atoms in total. The quantitative estimate of drug-likeness (QED) is 0.662. The lowest BCUT2D eigenvalue weighted by molar-refractivity contribution is 0.0920. The number of furan rings is 1. The molecule has 1 aromatic carbocycles. The Morgan fingerprint density at radius 3 is 2.85 bits per heavy atom. The molecule has 0 unspecified atom stereocenters. The van der Waals surface area contributed by atoms with E-state index >= 15 is 0 Å². The molecule has 4 rings (SSSR count). The van der Waals surface area contributed by atoms with Gasteiger partial charge in [0, 0.05) is 17.5 Å². The molecular formula is C21H23N3O3. The number of allylic oxidation sites excluding steroid dienone is 1. The number of hydrogen-bond donors (Lipinski definition) is 1. The highest BCUT2D eigenvalue weighted by Gasteiger charge is 2.21. The van der Waals surface area contributed by atoms with E-state index in [1.807, 2.05) is 32.0 Å². The number of aryl methyl sites for hydroxylation is 2. The zero-order valence-corrected chi connectivity index (χ0v) is 15.7. The van der Waals surface area contributed by atoms with Gasteiger partial charge in [-0.1, -0.05) is 29.8 Å². The minimum atomic E-state index is -0.352. The Morgan fingerprint density at radius 2 is 2.07 bits per heavy atom. The zero-order valence-electron chi connectivity index (χ0n) is 15.7. The molecule has 1 aliphatic carbocycles. The number of hydrogen-bond acceptors (Lipinski definition) is 5. The van der Waals surface area contributed by atoms with Gasteiger partial charge in [0.25, 0.3) is 5.89 Å². The number of fused-ring (bicyclic) bond motifs is 1. The molecule has 27 heavy (non-hydrogen) atoms. The number of carbonyl (C=O) groups excluding carboxylic acids is 1. The van der Waals surface area contributed by atoms with Gasteiger partial charge < -0.3 is 14.2 Å². The van der Waals surface area contributed by atoms with Crippen molar-refractivity contribution in [2.75, 3.05) is 6.54 Å². The van der Waals surface area contributed by atoms with Crippen LogP contribution in [0.3, 0.4) is 0 Å². The van der Waals surface area contributed by atoms with Crippen molar-refractivity contribution in [2.45, 2.75) is 46.0 Å². The smallest absolute Gasteiger partial charge is 0.308 e. The molecule has 0 aliphatic heterocycles. The number of amides is 1. The molecule has 0 bridgehead atoms. The van der Waals surface area contributed by atoms with Crippen molar-refractivity contribution in [3.05, 3.63) is 46.9 Å². The van der Waals surface area contributed by atoms with Gasteiger partial charge in [0.1, 0.15) is 5.58 Å². The second kappa shape index (κ2) is 7.39.